The van der Waals surface area contributed by atoms with Crippen molar-refractivity contribution in [2.75, 3.05) is 0 Å². The van der Waals surface area contributed by atoms with E-state index >= 15 is 0 Å². The van der Waals surface area contributed by atoms with Crippen LogP contribution in [-0.2, 0) is 0 Å². The first-order valence-electron chi connectivity index (χ1n) is 4.88. The number of nitrogens with zero attached hydrogens (tertiary/aromatic N) is 1. The molecule has 3 rings (SSSR count). The number of aromatic carboxylic acids is 1. The molecule has 1 aliphatic carbocycles. The molecular weight excluding hydrogens is 210 g/mol. The normalized spacial score (nSPS) is 15.7. The average molecular weight is 219 g/mol. The monoisotopic (exact) mass is 219 g/mol. The number of benzene rings is 1. The van der Waals surface area contributed by atoms with Gasteiger partial charge in [-0.3, -0.25) is 0 Å². The van der Waals surface area contributed by atoms with Gasteiger partial charge in [-0.2, -0.15) is 0 Å². The number of hydrogen-bond donors (Lipinski definition) is 1. The average Bonchev–Trinajstić information content (AvgIpc) is 2.96. The number of hydrogen-bond acceptors (Lipinski definition) is 3. The van der Waals surface area contributed by atoms with Crippen LogP contribution in [0.4, 0.5) is 0 Å². The van der Waals surface area contributed by atoms with Crippen molar-refractivity contribution in [2.24, 2.45) is 0 Å². The van der Waals surface area contributed by atoms with Gasteiger partial charge in [-0.25, -0.2) is 9.78 Å². The molecule has 0 radical (unpaired) electrons. The van der Waals surface area contributed by atoms with E-state index < -0.39 is 5.97 Å². The number of aromatic nitrogens is 1. The van der Waals surface area contributed by atoms with Gasteiger partial charge in [0.15, 0.2) is 0 Å². The molecule has 1 fully saturated rings. The van der Waals surface area contributed by atoms with Crippen molar-refractivity contribution in [1.29, 1.82) is 0 Å². The molecule has 0 aliphatic heterocycles. The quantitative estimate of drug-likeness (QED) is 0.844. The maximum atomic E-state index is 11.0. The molecular formula is C11H9NO2S. The summed E-state index contributed by atoms with van der Waals surface area (Å²) in [6.07, 6.45) is 2.39. The van der Waals surface area contributed by atoms with Gasteiger partial charge in [0, 0.05) is 5.92 Å². The van der Waals surface area contributed by atoms with Gasteiger partial charge < -0.3 is 5.11 Å². The lowest BCUT2D eigenvalue weighted by molar-refractivity contribution is 0.0699. The summed E-state index contributed by atoms with van der Waals surface area (Å²) in [5.74, 6) is -0.282. The Morgan fingerprint density at radius 1 is 1.47 bits per heavy atom. The van der Waals surface area contributed by atoms with Gasteiger partial charge in [0.05, 0.1) is 20.8 Å². The van der Waals surface area contributed by atoms with E-state index in [-0.39, 0.29) is 0 Å². The lowest BCUT2D eigenvalue weighted by atomic mass is 10.2. The fourth-order valence-corrected chi connectivity index (χ4v) is 2.88. The van der Waals surface area contributed by atoms with Crippen LogP contribution in [-0.4, -0.2) is 16.1 Å². The topological polar surface area (TPSA) is 50.2 Å². The molecule has 2 aromatic rings. The van der Waals surface area contributed by atoms with Crippen molar-refractivity contribution < 1.29 is 9.90 Å². The third-order valence-electron chi connectivity index (χ3n) is 2.59. The van der Waals surface area contributed by atoms with E-state index in [0.29, 0.717) is 11.5 Å². The maximum Gasteiger partial charge on any atom is 0.337 e. The van der Waals surface area contributed by atoms with Crippen LogP contribution in [0.5, 0.6) is 0 Å². The zero-order valence-corrected chi connectivity index (χ0v) is 8.75. The molecule has 1 aromatic heterocycles. The Labute approximate surface area is 90.4 Å². The van der Waals surface area contributed by atoms with Crippen LogP contribution in [0.2, 0.25) is 0 Å². The molecule has 76 valence electrons. The zero-order valence-electron chi connectivity index (χ0n) is 7.93. The first-order chi connectivity index (χ1) is 7.25. The van der Waals surface area contributed by atoms with E-state index in [1.54, 1.807) is 12.1 Å². The number of fused-ring (bicyclic) bond motifs is 1. The molecule has 1 heterocycles. The molecule has 0 bridgehead atoms. The highest BCUT2D eigenvalue weighted by atomic mass is 32.1. The highest BCUT2D eigenvalue weighted by molar-refractivity contribution is 7.19. The van der Waals surface area contributed by atoms with E-state index in [1.165, 1.54) is 24.2 Å². The first kappa shape index (κ1) is 8.85. The lowest BCUT2D eigenvalue weighted by Crippen LogP contribution is -1.95. The van der Waals surface area contributed by atoms with Gasteiger partial charge in [-0.1, -0.05) is 6.07 Å². The van der Waals surface area contributed by atoms with Crippen molar-refractivity contribution in [1.82, 2.24) is 4.98 Å². The molecule has 4 heteroatoms. The third kappa shape index (κ3) is 1.41. The number of carboxylic acid groups (broad SMARTS) is 1. The highest BCUT2D eigenvalue weighted by Gasteiger charge is 2.27. The summed E-state index contributed by atoms with van der Waals surface area (Å²) >= 11 is 1.53. The minimum atomic E-state index is -0.869. The molecule has 3 nitrogen and oxygen atoms in total. The second-order valence-electron chi connectivity index (χ2n) is 3.79. The summed E-state index contributed by atoms with van der Waals surface area (Å²) in [7, 11) is 0. The number of carbonyl (C=O) groups is 1. The fraction of sp³-hybridized carbons (Fsp3) is 0.273. The fourth-order valence-electron chi connectivity index (χ4n) is 1.64. The Bertz CT molecular complexity index is 543. The molecule has 15 heavy (non-hydrogen) atoms. The van der Waals surface area contributed by atoms with Crippen LogP contribution in [0.3, 0.4) is 0 Å². The van der Waals surface area contributed by atoms with Gasteiger partial charge >= 0.3 is 5.97 Å². The Kier molecular flexibility index (Phi) is 1.79. The van der Waals surface area contributed by atoms with Crippen LogP contribution < -0.4 is 0 Å². The largest absolute Gasteiger partial charge is 0.478 e. The SMILES string of the molecule is O=C(O)c1cccc2nc(C3CC3)sc12. The molecule has 1 saturated carbocycles. The summed E-state index contributed by atoms with van der Waals surface area (Å²) in [5.41, 5.74) is 1.19. The Morgan fingerprint density at radius 2 is 2.27 bits per heavy atom. The van der Waals surface area contributed by atoms with Gasteiger partial charge in [0.2, 0.25) is 0 Å². The lowest BCUT2D eigenvalue weighted by Gasteiger charge is -1.93. The minimum Gasteiger partial charge on any atom is -0.478 e. The molecule has 0 unspecified atom stereocenters. The predicted octanol–water partition coefficient (Wildman–Crippen LogP) is 2.87. The standard InChI is InChI=1S/C11H9NO2S/c13-11(14)7-2-1-3-8-9(7)15-10(12-8)6-4-5-6/h1-3,6H,4-5H2,(H,13,14). The van der Waals surface area contributed by atoms with Crippen LogP contribution in [0, 0.1) is 0 Å². The second kappa shape index (κ2) is 3.03. The Balaban J connectivity index is 2.23. The first-order valence-corrected chi connectivity index (χ1v) is 5.70. The molecule has 1 aromatic carbocycles. The third-order valence-corrected chi connectivity index (χ3v) is 3.86. The van der Waals surface area contributed by atoms with E-state index in [2.05, 4.69) is 4.98 Å². The molecule has 0 saturated heterocycles. The van der Waals surface area contributed by atoms with Crippen molar-refractivity contribution >= 4 is 27.5 Å². The zero-order chi connectivity index (χ0) is 10.4. The van der Waals surface area contributed by atoms with Crippen molar-refractivity contribution in [3.8, 4) is 0 Å². The van der Waals surface area contributed by atoms with Gasteiger partial charge in [-0.05, 0) is 25.0 Å². The van der Waals surface area contributed by atoms with Crippen molar-refractivity contribution in [3.63, 3.8) is 0 Å². The van der Waals surface area contributed by atoms with E-state index in [4.69, 9.17) is 5.11 Å². The van der Waals surface area contributed by atoms with E-state index in [0.717, 1.165) is 15.2 Å². The van der Waals surface area contributed by atoms with Gasteiger partial charge in [-0.15, -0.1) is 11.3 Å². The summed E-state index contributed by atoms with van der Waals surface area (Å²) in [4.78, 5) is 15.5. The molecule has 1 N–H and O–H groups in total. The van der Waals surface area contributed by atoms with Gasteiger partial charge in [0.25, 0.3) is 0 Å². The number of rotatable bonds is 2. The van der Waals surface area contributed by atoms with Crippen LogP contribution in [0.1, 0.15) is 34.1 Å². The maximum absolute atomic E-state index is 11.0. The van der Waals surface area contributed by atoms with Crippen LogP contribution in [0.25, 0.3) is 10.2 Å². The predicted molar refractivity (Wildman–Crippen MR) is 58.6 cm³/mol. The Hall–Kier alpha value is -1.42. The van der Waals surface area contributed by atoms with Gasteiger partial charge in [0.1, 0.15) is 0 Å². The van der Waals surface area contributed by atoms with Crippen LogP contribution >= 0.6 is 11.3 Å². The van der Waals surface area contributed by atoms with Crippen molar-refractivity contribution in [2.45, 2.75) is 18.8 Å². The highest BCUT2D eigenvalue weighted by Crippen LogP contribution is 2.43. The van der Waals surface area contributed by atoms with E-state index in [9.17, 15) is 4.79 Å². The molecule has 0 spiro atoms. The second-order valence-corrected chi connectivity index (χ2v) is 4.82. The summed E-state index contributed by atoms with van der Waals surface area (Å²) < 4.78 is 0.812. The molecule has 0 atom stereocenters. The van der Waals surface area contributed by atoms with Crippen LogP contribution in [0.15, 0.2) is 18.2 Å². The summed E-state index contributed by atoms with van der Waals surface area (Å²) in [6, 6.07) is 5.27. The molecule has 0 amide bonds. The molecule has 1 aliphatic rings. The summed E-state index contributed by atoms with van der Waals surface area (Å²) in [6.45, 7) is 0. The number of thiazole rings is 1. The Morgan fingerprint density at radius 3 is 2.93 bits per heavy atom. The van der Waals surface area contributed by atoms with Crippen molar-refractivity contribution in [3.05, 3.63) is 28.8 Å². The minimum absolute atomic E-state index is 0.372. The smallest absolute Gasteiger partial charge is 0.337 e. The van der Waals surface area contributed by atoms with E-state index in [1.807, 2.05) is 6.07 Å². The summed E-state index contributed by atoms with van der Waals surface area (Å²) in [5, 5.41) is 10.1. The number of carboxylic acids is 1.